The molecule has 0 bridgehead atoms. The summed E-state index contributed by atoms with van der Waals surface area (Å²) in [5, 5.41) is 4.04. The first kappa shape index (κ1) is 23.0. The standard InChI is InChI=1S/C27H29N3O2S/c1-2-3-15-30(18-20-9-5-4-6-10-20)19-22-13-14-24(27(32)29-22)26(31)28-17-23-16-21-11-7-8-12-25(21)33-23/h4-14,16H,2-3,15,17-19H2,1H3,(H,28,31)(H,29,32). The van der Waals surface area contributed by atoms with Gasteiger partial charge in [0.1, 0.15) is 5.56 Å². The number of pyridine rings is 1. The second-order valence-corrected chi connectivity index (χ2v) is 9.38. The van der Waals surface area contributed by atoms with Crippen LogP contribution in [0.4, 0.5) is 0 Å². The van der Waals surface area contributed by atoms with Crippen LogP contribution in [0.3, 0.4) is 0 Å². The lowest BCUT2D eigenvalue weighted by atomic mass is 10.2. The molecule has 0 aliphatic heterocycles. The van der Waals surface area contributed by atoms with E-state index in [0.717, 1.165) is 41.9 Å². The molecule has 0 fully saturated rings. The third-order valence-electron chi connectivity index (χ3n) is 5.59. The molecule has 2 aromatic carbocycles. The third kappa shape index (κ3) is 6.18. The Morgan fingerprint density at radius 1 is 1.00 bits per heavy atom. The van der Waals surface area contributed by atoms with Gasteiger partial charge in [-0.1, -0.05) is 61.9 Å². The molecule has 0 aliphatic carbocycles. The van der Waals surface area contributed by atoms with E-state index in [1.54, 1.807) is 17.4 Å². The van der Waals surface area contributed by atoms with E-state index in [0.29, 0.717) is 13.1 Å². The highest BCUT2D eigenvalue weighted by Gasteiger charge is 2.13. The molecule has 4 rings (SSSR count). The molecule has 170 valence electrons. The molecule has 0 saturated heterocycles. The summed E-state index contributed by atoms with van der Waals surface area (Å²) in [5.41, 5.74) is 1.85. The Morgan fingerprint density at radius 3 is 2.55 bits per heavy atom. The van der Waals surface area contributed by atoms with E-state index in [4.69, 9.17) is 0 Å². The molecule has 1 amide bonds. The molecule has 0 radical (unpaired) electrons. The van der Waals surface area contributed by atoms with Crippen LogP contribution in [-0.4, -0.2) is 22.3 Å². The molecule has 0 atom stereocenters. The van der Waals surface area contributed by atoms with Gasteiger partial charge in [0.15, 0.2) is 0 Å². The molecule has 0 unspecified atom stereocenters. The van der Waals surface area contributed by atoms with Gasteiger partial charge in [-0.3, -0.25) is 14.5 Å². The van der Waals surface area contributed by atoms with E-state index >= 15 is 0 Å². The highest BCUT2D eigenvalue weighted by Crippen LogP contribution is 2.25. The van der Waals surface area contributed by atoms with Crippen molar-refractivity contribution in [2.45, 2.75) is 39.4 Å². The summed E-state index contributed by atoms with van der Waals surface area (Å²) >= 11 is 1.65. The first-order valence-corrected chi connectivity index (χ1v) is 12.2. The number of carbonyl (C=O) groups is 1. The van der Waals surface area contributed by atoms with E-state index < -0.39 is 0 Å². The van der Waals surface area contributed by atoms with Gasteiger partial charge in [-0.2, -0.15) is 0 Å². The van der Waals surface area contributed by atoms with Crippen LogP contribution in [0.2, 0.25) is 0 Å². The van der Waals surface area contributed by atoms with Crippen molar-refractivity contribution >= 4 is 27.3 Å². The lowest BCUT2D eigenvalue weighted by Crippen LogP contribution is -2.30. The Balaban J connectivity index is 1.40. The molecule has 0 aliphatic rings. The van der Waals surface area contributed by atoms with Gasteiger partial charge in [-0.25, -0.2) is 0 Å². The predicted molar refractivity (Wildman–Crippen MR) is 136 cm³/mol. The molecular weight excluding hydrogens is 430 g/mol. The summed E-state index contributed by atoms with van der Waals surface area (Å²) in [6.45, 7) is 4.98. The number of fused-ring (bicyclic) bond motifs is 1. The largest absolute Gasteiger partial charge is 0.347 e. The van der Waals surface area contributed by atoms with Gasteiger partial charge in [0.25, 0.3) is 11.5 Å². The van der Waals surface area contributed by atoms with Gasteiger partial charge in [0.05, 0.1) is 6.54 Å². The van der Waals surface area contributed by atoms with E-state index in [2.05, 4.69) is 52.5 Å². The number of aromatic nitrogens is 1. The Morgan fingerprint density at radius 2 is 1.79 bits per heavy atom. The number of nitrogens with zero attached hydrogens (tertiary/aromatic N) is 1. The molecule has 2 heterocycles. The fraction of sp³-hybridized carbons (Fsp3) is 0.259. The summed E-state index contributed by atoms with van der Waals surface area (Å²) in [6.07, 6.45) is 2.20. The predicted octanol–water partition coefficient (Wildman–Crippen LogP) is 5.32. The van der Waals surface area contributed by atoms with Crippen LogP contribution in [0.5, 0.6) is 0 Å². The highest BCUT2D eigenvalue weighted by atomic mass is 32.1. The van der Waals surface area contributed by atoms with Crippen molar-refractivity contribution < 1.29 is 4.79 Å². The number of aromatic amines is 1. The number of thiophene rings is 1. The minimum atomic E-state index is -0.354. The molecule has 2 N–H and O–H groups in total. The van der Waals surface area contributed by atoms with Crippen molar-refractivity contribution in [3.05, 3.63) is 105 Å². The topological polar surface area (TPSA) is 65.2 Å². The maximum Gasteiger partial charge on any atom is 0.261 e. The summed E-state index contributed by atoms with van der Waals surface area (Å²) < 4.78 is 1.19. The van der Waals surface area contributed by atoms with Gasteiger partial charge in [0, 0.05) is 28.4 Å². The first-order chi connectivity index (χ1) is 16.1. The van der Waals surface area contributed by atoms with Gasteiger partial charge >= 0.3 is 0 Å². The number of hydrogen-bond acceptors (Lipinski definition) is 4. The molecule has 4 aromatic rings. The Hall–Kier alpha value is -3.22. The SMILES string of the molecule is CCCCN(Cc1ccccc1)Cc1ccc(C(=O)NCc2cc3ccccc3s2)c(=O)[nH]1. The monoisotopic (exact) mass is 459 g/mol. The van der Waals surface area contributed by atoms with Crippen LogP contribution < -0.4 is 10.9 Å². The fourth-order valence-electron chi connectivity index (χ4n) is 3.85. The lowest BCUT2D eigenvalue weighted by molar-refractivity contribution is 0.0949. The molecule has 2 aromatic heterocycles. The van der Waals surface area contributed by atoms with E-state index in [9.17, 15) is 9.59 Å². The van der Waals surface area contributed by atoms with Crippen molar-refractivity contribution in [1.29, 1.82) is 0 Å². The van der Waals surface area contributed by atoms with Crippen molar-refractivity contribution in [1.82, 2.24) is 15.2 Å². The van der Waals surface area contributed by atoms with Crippen molar-refractivity contribution in [2.75, 3.05) is 6.54 Å². The smallest absolute Gasteiger partial charge is 0.261 e. The van der Waals surface area contributed by atoms with Crippen LogP contribution in [0.25, 0.3) is 10.1 Å². The Labute approximate surface area is 198 Å². The van der Waals surface area contributed by atoms with Gasteiger partial charge in [-0.05, 0) is 48.2 Å². The van der Waals surface area contributed by atoms with E-state index in [1.165, 1.54) is 10.3 Å². The zero-order valence-corrected chi connectivity index (χ0v) is 19.7. The number of hydrogen-bond donors (Lipinski definition) is 2. The van der Waals surface area contributed by atoms with Gasteiger partial charge in [-0.15, -0.1) is 11.3 Å². The van der Waals surface area contributed by atoms with Crippen LogP contribution in [0, 0.1) is 0 Å². The fourth-order valence-corrected chi connectivity index (χ4v) is 4.85. The number of rotatable bonds is 10. The third-order valence-corrected chi connectivity index (χ3v) is 6.70. The quantitative estimate of drug-likeness (QED) is 0.337. The first-order valence-electron chi connectivity index (χ1n) is 11.4. The summed E-state index contributed by atoms with van der Waals surface area (Å²) in [5.74, 6) is -0.354. The molecule has 0 spiro atoms. The summed E-state index contributed by atoms with van der Waals surface area (Å²) in [6, 6.07) is 24.0. The van der Waals surface area contributed by atoms with E-state index in [1.807, 2.05) is 36.4 Å². The Kier molecular flexibility index (Phi) is 7.70. The maximum absolute atomic E-state index is 12.7. The average Bonchev–Trinajstić information content (AvgIpc) is 3.25. The summed E-state index contributed by atoms with van der Waals surface area (Å²) in [7, 11) is 0. The highest BCUT2D eigenvalue weighted by molar-refractivity contribution is 7.19. The lowest BCUT2D eigenvalue weighted by Gasteiger charge is -2.22. The maximum atomic E-state index is 12.7. The van der Waals surface area contributed by atoms with Crippen LogP contribution in [0.1, 0.15) is 46.3 Å². The molecule has 5 nitrogen and oxygen atoms in total. The normalized spacial score (nSPS) is 11.2. The number of carbonyl (C=O) groups excluding carboxylic acids is 1. The zero-order chi connectivity index (χ0) is 23.0. The second-order valence-electron chi connectivity index (χ2n) is 8.21. The summed E-state index contributed by atoms with van der Waals surface area (Å²) in [4.78, 5) is 31.6. The van der Waals surface area contributed by atoms with Crippen LogP contribution in [-0.2, 0) is 19.6 Å². The number of amides is 1. The van der Waals surface area contributed by atoms with Crippen molar-refractivity contribution in [3.8, 4) is 0 Å². The zero-order valence-electron chi connectivity index (χ0n) is 18.8. The number of H-pyrrole nitrogens is 1. The Bertz CT molecular complexity index is 1230. The molecule has 0 saturated carbocycles. The number of nitrogens with one attached hydrogen (secondary N) is 2. The van der Waals surface area contributed by atoms with E-state index in [-0.39, 0.29) is 17.0 Å². The molecular formula is C27H29N3O2S. The second kappa shape index (κ2) is 11.1. The van der Waals surface area contributed by atoms with Crippen LogP contribution in [0.15, 0.2) is 77.6 Å². The average molecular weight is 460 g/mol. The minimum Gasteiger partial charge on any atom is -0.347 e. The van der Waals surface area contributed by atoms with Crippen LogP contribution >= 0.6 is 11.3 Å². The molecule has 33 heavy (non-hydrogen) atoms. The number of benzene rings is 2. The van der Waals surface area contributed by atoms with Crippen molar-refractivity contribution in [3.63, 3.8) is 0 Å². The minimum absolute atomic E-state index is 0.142. The van der Waals surface area contributed by atoms with Gasteiger partial charge in [0.2, 0.25) is 0 Å². The van der Waals surface area contributed by atoms with Gasteiger partial charge < -0.3 is 10.3 Å². The number of unbranched alkanes of at least 4 members (excludes halogenated alkanes) is 1. The molecule has 6 heteroatoms. The van der Waals surface area contributed by atoms with Crippen molar-refractivity contribution in [2.24, 2.45) is 0 Å².